The molecule has 0 aromatic heterocycles. The second kappa shape index (κ2) is 6.94. The van der Waals surface area contributed by atoms with Gasteiger partial charge in [-0.3, -0.25) is 0 Å². The van der Waals surface area contributed by atoms with Crippen LogP contribution in [-0.2, 0) is 6.42 Å². The summed E-state index contributed by atoms with van der Waals surface area (Å²) >= 11 is 0. The minimum absolute atomic E-state index is 0.330. The lowest BCUT2D eigenvalue weighted by molar-refractivity contribution is 0.205. The molecule has 1 atom stereocenters. The summed E-state index contributed by atoms with van der Waals surface area (Å²) in [7, 11) is 0. The largest absolute Gasteiger partial charge is 0.316 e. The molecule has 0 aliphatic rings. The summed E-state index contributed by atoms with van der Waals surface area (Å²) in [4.78, 5) is 0. The van der Waals surface area contributed by atoms with Crippen molar-refractivity contribution in [2.24, 2.45) is 17.3 Å². The fourth-order valence-electron chi connectivity index (χ4n) is 2.18. The Morgan fingerprint density at radius 1 is 1.06 bits per heavy atom. The molecule has 18 heavy (non-hydrogen) atoms. The summed E-state index contributed by atoms with van der Waals surface area (Å²) in [6.45, 7) is 13.8. The normalized spacial score (nSPS) is 15.1. The molecule has 1 nitrogen and oxygen atoms in total. The number of benzene rings is 1. The predicted molar refractivity (Wildman–Crippen MR) is 80.8 cm³/mol. The smallest absolute Gasteiger partial charge is 0.00109 e. The zero-order valence-electron chi connectivity index (χ0n) is 12.7. The summed E-state index contributed by atoms with van der Waals surface area (Å²) in [6, 6.07) is 10.8. The molecular weight excluding hydrogens is 218 g/mol. The Labute approximate surface area is 113 Å². The molecule has 0 saturated heterocycles. The fraction of sp³-hybridized carbons (Fsp3) is 0.647. The van der Waals surface area contributed by atoms with Gasteiger partial charge in [0.1, 0.15) is 0 Å². The molecule has 1 aromatic rings. The SMILES string of the molecule is CC(C)CNCC(C)(Cc1ccccc1)C(C)C. The summed E-state index contributed by atoms with van der Waals surface area (Å²) in [5.41, 5.74) is 1.77. The van der Waals surface area contributed by atoms with E-state index in [1.165, 1.54) is 5.56 Å². The highest BCUT2D eigenvalue weighted by Crippen LogP contribution is 2.30. The molecule has 0 aliphatic carbocycles. The molecule has 0 saturated carbocycles. The molecule has 0 aliphatic heterocycles. The first-order valence-corrected chi connectivity index (χ1v) is 7.18. The minimum atomic E-state index is 0.330. The van der Waals surface area contributed by atoms with Crippen molar-refractivity contribution in [3.05, 3.63) is 35.9 Å². The van der Waals surface area contributed by atoms with Gasteiger partial charge in [0.25, 0.3) is 0 Å². The Bertz CT molecular complexity index is 329. The van der Waals surface area contributed by atoms with Gasteiger partial charge in [0.05, 0.1) is 0 Å². The van der Waals surface area contributed by atoms with Crippen LogP contribution in [0.4, 0.5) is 0 Å². The molecule has 1 N–H and O–H groups in total. The third-order valence-corrected chi connectivity index (χ3v) is 3.93. The Morgan fingerprint density at radius 2 is 1.67 bits per heavy atom. The van der Waals surface area contributed by atoms with Crippen molar-refractivity contribution in [1.29, 1.82) is 0 Å². The molecule has 0 bridgehead atoms. The Hall–Kier alpha value is -0.820. The van der Waals surface area contributed by atoms with Crippen LogP contribution in [-0.4, -0.2) is 13.1 Å². The van der Waals surface area contributed by atoms with Crippen LogP contribution < -0.4 is 5.32 Å². The maximum absolute atomic E-state index is 3.63. The van der Waals surface area contributed by atoms with E-state index in [-0.39, 0.29) is 0 Å². The average molecular weight is 247 g/mol. The summed E-state index contributed by atoms with van der Waals surface area (Å²) < 4.78 is 0. The van der Waals surface area contributed by atoms with Crippen LogP contribution in [0.5, 0.6) is 0 Å². The van der Waals surface area contributed by atoms with Crippen molar-refractivity contribution < 1.29 is 0 Å². The van der Waals surface area contributed by atoms with Crippen LogP contribution in [0.25, 0.3) is 0 Å². The highest BCUT2D eigenvalue weighted by molar-refractivity contribution is 5.16. The first kappa shape index (κ1) is 15.2. The lowest BCUT2D eigenvalue weighted by Gasteiger charge is -2.34. The molecule has 1 unspecified atom stereocenters. The average Bonchev–Trinajstić information content (AvgIpc) is 2.29. The fourth-order valence-corrected chi connectivity index (χ4v) is 2.18. The van der Waals surface area contributed by atoms with Crippen LogP contribution in [0.15, 0.2) is 30.3 Å². The zero-order chi connectivity index (χ0) is 13.6. The lowest BCUT2D eigenvalue weighted by Crippen LogP contribution is -2.39. The summed E-state index contributed by atoms with van der Waals surface area (Å²) in [5.74, 6) is 1.40. The topological polar surface area (TPSA) is 12.0 Å². The van der Waals surface area contributed by atoms with E-state index < -0.39 is 0 Å². The molecule has 0 heterocycles. The van der Waals surface area contributed by atoms with E-state index in [0.29, 0.717) is 11.3 Å². The van der Waals surface area contributed by atoms with E-state index in [1.807, 2.05) is 0 Å². The molecule has 0 fully saturated rings. The third kappa shape index (κ3) is 4.81. The number of rotatable bonds is 7. The summed E-state index contributed by atoms with van der Waals surface area (Å²) in [5, 5.41) is 3.63. The highest BCUT2D eigenvalue weighted by atomic mass is 14.9. The van der Waals surface area contributed by atoms with E-state index in [9.17, 15) is 0 Å². The van der Waals surface area contributed by atoms with Gasteiger partial charge < -0.3 is 5.32 Å². The van der Waals surface area contributed by atoms with E-state index in [0.717, 1.165) is 25.4 Å². The van der Waals surface area contributed by atoms with Crippen molar-refractivity contribution in [2.75, 3.05) is 13.1 Å². The maximum Gasteiger partial charge on any atom is 0.00109 e. The van der Waals surface area contributed by atoms with Crippen molar-refractivity contribution in [3.8, 4) is 0 Å². The molecular formula is C17H29N. The van der Waals surface area contributed by atoms with Crippen LogP contribution in [0, 0.1) is 17.3 Å². The quantitative estimate of drug-likeness (QED) is 0.763. The van der Waals surface area contributed by atoms with E-state index in [1.54, 1.807) is 0 Å². The van der Waals surface area contributed by atoms with Crippen molar-refractivity contribution in [2.45, 2.75) is 41.0 Å². The van der Waals surface area contributed by atoms with Gasteiger partial charge in [-0.2, -0.15) is 0 Å². The molecule has 102 valence electrons. The van der Waals surface area contributed by atoms with Crippen LogP contribution in [0.1, 0.15) is 40.2 Å². The Morgan fingerprint density at radius 3 is 2.17 bits per heavy atom. The summed E-state index contributed by atoms with van der Waals surface area (Å²) in [6.07, 6.45) is 1.15. The molecule has 1 aromatic carbocycles. The first-order valence-electron chi connectivity index (χ1n) is 7.18. The van der Waals surface area contributed by atoms with Gasteiger partial charge in [-0.1, -0.05) is 65.0 Å². The molecule has 0 amide bonds. The number of nitrogens with one attached hydrogen (secondary N) is 1. The minimum Gasteiger partial charge on any atom is -0.316 e. The molecule has 1 rings (SSSR count). The number of hydrogen-bond acceptors (Lipinski definition) is 1. The zero-order valence-corrected chi connectivity index (χ0v) is 12.7. The van der Waals surface area contributed by atoms with E-state index >= 15 is 0 Å². The second-order valence-electron chi connectivity index (χ2n) is 6.50. The highest BCUT2D eigenvalue weighted by Gasteiger charge is 2.28. The van der Waals surface area contributed by atoms with Gasteiger partial charge in [0.15, 0.2) is 0 Å². The van der Waals surface area contributed by atoms with Gasteiger partial charge >= 0.3 is 0 Å². The second-order valence-corrected chi connectivity index (χ2v) is 6.50. The van der Waals surface area contributed by atoms with Crippen molar-refractivity contribution >= 4 is 0 Å². The standard InChI is InChI=1S/C17H29N/c1-14(2)12-18-13-17(5,15(3)4)11-16-9-7-6-8-10-16/h6-10,14-15,18H,11-13H2,1-5H3. The molecule has 0 radical (unpaired) electrons. The van der Waals surface area contributed by atoms with Crippen molar-refractivity contribution in [3.63, 3.8) is 0 Å². The number of hydrogen-bond donors (Lipinski definition) is 1. The molecule has 0 spiro atoms. The predicted octanol–water partition coefficient (Wildman–Crippen LogP) is 4.14. The Kier molecular flexibility index (Phi) is 5.87. The van der Waals surface area contributed by atoms with Gasteiger partial charge in [0.2, 0.25) is 0 Å². The lowest BCUT2D eigenvalue weighted by atomic mass is 9.74. The van der Waals surface area contributed by atoms with Gasteiger partial charge in [0, 0.05) is 6.54 Å². The van der Waals surface area contributed by atoms with Crippen molar-refractivity contribution in [1.82, 2.24) is 5.32 Å². The van der Waals surface area contributed by atoms with Gasteiger partial charge in [-0.05, 0) is 35.8 Å². The Balaban J connectivity index is 2.63. The van der Waals surface area contributed by atoms with Gasteiger partial charge in [-0.25, -0.2) is 0 Å². The van der Waals surface area contributed by atoms with E-state index in [4.69, 9.17) is 0 Å². The first-order chi connectivity index (χ1) is 8.44. The van der Waals surface area contributed by atoms with Crippen LogP contribution >= 0.6 is 0 Å². The van der Waals surface area contributed by atoms with E-state index in [2.05, 4.69) is 70.3 Å². The maximum atomic E-state index is 3.63. The van der Waals surface area contributed by atoms with Crippen LogP contribution in [0.3, 0.4) is 0 Å². The monoisotopic (exact) mass is 247 g/mol. The van der Waals surface area contributed by atoms with Gasteiger partial charge in [-0.15, -0.1) is 0 Å². The third-order valence-electron chi connectivity index (χ3n) is 3.93. The molecule has 1 heteroatoms. The van der Waals surface area contributed by atoms with Crippen LogP contribution in [0.2, 0.25) is 0 Å².